The van der Waals surface area contributed by atoms with Crippen LogP contribution in [0, 0.1) is 12.8 Å². The fourth-order valence-electron chi connectivity index (χ4n) is 2.91. The van der Waals surface area contributed by atoms with E-state index in [4.69, 9.17) is 0 Å². The number of aliphatic hydroxyl groups excluding tert-OH is 1. The predicted octanol–water partition coefficient (Wildman–Crippen LogP) is 2.23. The minimum absolute atomic E-state index is 0. The molecule has 3 rings (SSSR count). The van der Waals surface area contributed by atoms with E-state index in [1.807, 2.05) is 36.6 Å². The van der Waals surface area contributed by atoms with Crippen molar-refractivity contribution in [1.29, 1.82) is 0 Å². The summed E-state index contributed by atoms with van der Waals surface area (Å²) in [7, 11) is 0. The second-order valence-electron chi connectivity index (χ2n) is 6.43. The third-order valence-corrected chi connectivity index (χ3v) is 5.23. The quantitative estimate of drug-likeness (QED) is 0.698. The van der Waals surface area contributed by atoms with Gasteiger partial charge in [-0.25, -0.2) is 4.98 Å². The Morgan fingerprint density at radius 2 is 2.12 bits per heavy atom. The summed E-state index contributed by atoms with van der Waals surface area (Å²) < 4.78 is 0. The minimum atomic E-state index is -0.284. The molecule has 0 saturated carbocycles. The molecule has 1 fully saturated rings. The Kier molecular flexibility index (Phi) is 7.55. The number of thiazole rings is 1. The number of nitrogens with one attached hydrogen (secondary N) is 2. The van der Waals surface area contributed by atoms with Crippen LogP contribution in [0.4, 0.5) is 10.8 Å². The van der Waals surface area contributed by atoms with E-state index < -0.39 is 0 Å². The van der Waals surface area contributed by atoms with Crippen molar-refractivity contribution in [2.45, 2.75) is 26.5 Å². The Bertz CT molecular complexity index is 722. The highest BCUT2D eigenvalue weighted by molar-refractivity contribution is 7.14. The summed E-state index contributed by atoms with van der Waals surface area (Å²) in [6, 6.07) is 7.85. The van der Waals surface area contributed by atoms with Gasteiger partial charge in [0.1, 0.15) is 0 Å². The van der Waals surface area contributed by atoms with Crippen molar-refractivity contribution in [3.63, 3.8) is 0 Å². The Labute approximate surface area is 164 Å². The van der Waals surface area contributed by atoms with Crippen LogP contribution in [0.5, 0.6) is 0 Å². The molecule has 2 unspecified atom stereocenters. The van der Waals surface area contributed by atoms with Gasteiger partial charge in [0.25, 0.3) is 0 Å². The summed E-state index contributed by atoms with van der Waals surface area (Å²) in [4.78, 5) is 18.3. The zero-order chi connectivity index (χ0) is 17.8. The maximum atomic E-state index is 12.1. The third kappa shape index (κ3) is 5.02. The number of anilines is 2. The molecule has 142 valence electrons. The molecule has 0 radical (unpaired) electrons. The van der Waals surface area contributed by atoms with E-state index in [9.17, 15) is 9.90 Å². The number of aromatic nitrogens is 1. The molecule has 1 aromatic heterocycles. The van der Waals surface area contributed by atoms with Gasteiger partial charge in [-0.2, -0.15) is 0 Å². The Hall–Kier alpha value is -1.51. The molecule has 3 N–H and O–H groups in total. The Balaban J connectivity index is 0.00000243. The van der Waals surface area contributed by atoms with E-state index >= 15 is 0 Å². The number of aryl methyl sites for hydroxylation is 1. The largest absolute Gasteiger partial charge is 0.391 e. The molecule has 2 atom stereocenters. The smallest absolute Gasteiger partial charge is 0.230 e. The molecule has 0 bridgehead atoms. The zero-order valence-electron chi connectivity index (χ0n) is 14.9. The highest BCUT2D eigenvalue weighted by Crippen LogP contribution is 2.29. The van der Waals surface area contributed by atoms with Crippen molar-refractivity contribution in [1.82, 2.24) is 15.6 Å². The van der Waals surface area contributed by atoms with Gasteiger partial charge < -0.3 is 15.7 Å². The SMILES string of the molecule is CC(=O)N(c1ccc(C)cc1)c1nc(CNCC2CNCC2O)cs1.Cl. The lowest BCUT2D eigenvalue weighted by Crippen LogP contribution is -2.30. The third-order valence-electron chi connectivity index (χ3n) is 4.35. The molecule has 1 aliphatic rings. The number of hydrogen-bond donors (Lipinski definition) is 3. The minimum Gasteiger partial charge on any atom is -0.391 e. The molecule has 26 heavy (non-hydrogen) atoms. The van der Waals surface area contributed by atoms with Crippen LogP contribution in [-0.2, 0) is 11.3 Å². The molecule has 2 heterocycles. The van der Waals surface area contributed by atoms with E-state index in [0.717, 1.165) is 30.0 Å². The second kappa shape index (κ2) is 9.43. The zero-order valence-corrected chi connectivity index (χ0v) is 16.6. The molecule has 2 aromatic rings. The van der Waals surface area contributed by atoms with Gasteiger partial charge in [-0.3, -0.25) is 9.69 Å². The average molecular weight is 397 g/mol. The number of β-amino-alcohol motifs (C(OH)–C–C–N with tert-alkyl or cyclic N) is 1. The van der Waals surface area contributed by atoms with Crippen molar-refractivity contribution < 1.29 is 9.90 Å². The van der Waals surface area contributed by atoms with Gasteiger partial charge in [-0.05, 0) is 19.1 Å². The first kappa shape index (κ1) is 20.8. The van der Waals surface area contributed by atoms with Crippen molar-refractivity contribution in [2.75, 3.05) is 24.5 Å². The molecule has 6 nitrogen and oxygen atoms in total. The van der Waals surface area contributed by atoms with Crippen LogP contribution < -0.4 is 15.5 Å². The maximum Gasteiger partial charge on any atom is 0.230 e. The van der Waals surface area contributed by atoms with E-state index in [0.29, 0.717) is 18.2 Å². The number of rotatable bonds is 6. The van der Waals surface area contributed by atoms with Crippen LogP contribution in [0.15, 0.2) is 29.6 Å². The van der Waals surface area contributed by atoms with Gasteiger partial charge in [0.2, 0.25) is 5.91 Å². The number of halogens is 1. The number of nitrogens with zero attached hydrogens (tertiary/aromatic N) is 2. The predicted molar refractivity (Wildman–Crippen MR) is 107 cm³/mol. The van der Waals surface area contributed by atoms with Crippen LogP contribution in [0.2, 0.25) is 0 Å². The number of carbonyl (C=O) groups excluding carboxylic acids is 1. The molecular weight excluding hydrogens is 372 g/mol. The summed E-state index contributed by atoms with van der Waals surface area (Å²) in [5.74, 6) is 0.178. The summed E-state index contributed by atoms with van der Waals surface area (Å²) in [5.41, 5.74) is 2.88. The van der Waals surface area contributed by atoms with Crippen LogP contribution >= 0.6 is 23.7 Å². The molecule has 0 aliphatic carbocycles. The standard InChI is InChI=1S/C18H24N4O2S.ClH/c1-12-3-5-16(6-4-12)22(13(2)23)18-21-15(11-25-18)9-19-7-14-8-20-10-17(14)24;/h3-6,11,14,17,19-20,24H,7-10H2,1-2H3;1H. The van der Waals surface area contributed by atoms with Gasteiger partial charge in [-0.15, -0.1) is 23.7 Å². The van der Waals surface area contributed by atoms with E-state index in [-0.39, 0.29) is 30.3 Å². The van der Waals surface area contributed by atoms with Crippen molar-refractivity contribution >= 4 is 40.5 Å². The Morgan fingerprint density at radius 3 is 2.73 bits per heavy atom. The monoisotopic (exact) mass is 396 g/mol. The number of hydrogen-bond acceptors (Lipinski definition) is 6. The number of aliphatic hydroxyl groups is 1. The van der Waals surface area contributed by atoms with Crippen LogP contribution in [0.1, 0.15) is 18.2 Å². The number of amides is 1. The summed E-state index contributed by atoms with van der Waals surface area (Å²) in [6.45, 7) is 6.44. The lowest BCUT2D eigenvalue weighted by molar-refractivity contribution is -0.115. The van der Waals surface area contributed by atoms with E-state index in [1.54, 1.807) is 11.8 Å². The molecule has 1 amide bonds. The fourth-order valence-corrected chi connectivity index (χ4v) is 3.80. The summed E-state index contributed by atoms with van der Waals surface area (Å²) >= 11 is 1.46. The van der Waals surface area contributed by atoms with Crippen molar-refractivity contribution in [3.05, 3.63) is 40.9 Å². The molecule has 1 saturated heterocycles. The molecule has 8 heteroatoms. The van der Waals surface area contributed by atoms with Crippen molar-refractivity contribution in [3.8, 4) is 0 Å². The van der Waals surface area contributed by atoms with Gasteiger partial charge >= 0.3 is 0 Å². The molecule has 0 spiro atoms. The summed E-state index contributed by atoms with van der Waals surface area (Å²) in [5, 5.41) is 19.0. The van der Waals surface area contributed by atoms with Crippen molar-refractivity contribution in [2.24, 2.45) is 5.92 Å². The number of benzene rings is 1. The van der Waals surface area contributed by atoms with E-state index in [2.05, 4.69) is 15.6 Å². The fraction of sp³-hybridized carbons (Fsp3) is 0.444. The first-order chi connectivity index (χ1) is 12.0. The summed E-state index contributed by atoms with van der Waals surface area (Å²) in [6.07, 6.45) is -0.284. The average Bonchev–Trinajstić information content (AvgIpc) is 3.19. The number of carbonyl (C=O) groups is 1. The lowest BCUT2D eigenvalue weighted by Gasteiger charge is -2.18. The normalized spacial score (nSPS) is 19.2. The van der Waals surface area contributed by atoms with Crippen LogP contribution in [-0.4, -0.2) is 41.7 Å². The highest BCUT2D eigenvalue weighted by Gasteiger charge is 2.24. The van der Waals surface area contributed by atoms with Gasteiger partial charge in [-0.1, -0.05) is 17.7 Å². The first-order valence-electron chi connectivity index (χ1n) is 8.46. The van der Waals surface area contributed by atoms with Crippen LogP contribution in [0.25, 0.3) is 0 Å². The molecule has 1 aromatic carbocycles. The second-order valence-corrected chi connectivity index (χ2v) is 7.26. The van der Waals surface area contributed by atoms with Gasteiger partial charge in [0, 0.05) is 44.4 Å². The topological polar surface area (TPSA) is 77.5 Å². The molecular formula is C18H25ClN4O2S. The lowest BCUT2D eigenvalue weighted by atomic mass is 10.1. The Morgan fingerprint density at radius 1 is 1.38 bits per heavy atom. The molecule has 1 aliphatic heterocycles. The van der Waals surface area contributed by atoms with Gasteiger partial charge in [0.05, 0.1) is 17.5 Å². The first-order valence-corrected chi connectivity index (χ1v) is 9.34. The van der Waals surface area contributed by atoms with Gasteiger partial charge in [0.15, 0.2) is 5.13 Å². The van der Waals surface area contributed by atoms with E-state index in [1.165, 1.54) is 11.3 Å². The van der Waals surface area contributed by atoms with Crippen LogP contribution in [0.3, 0.4) is 0 Å². The maximum absolute atomic E-state index is 12.1. The highest BCUT2D eigenvalue weighted by atomic mass is 35.5.